The number of hydroxylamine groups is 1. The highest BCUT2D eigenvalue weighted by atomic mass is 32.2. The molecule has 18 heteroatoms. The maximum absolute atomic E-state index is 13.5. The lowest BCUT2D eigenvalue weighted by Gasteiger charge is -2.28. The Balaban J connectivity index is 1.66. The maximum Gasteiger partial charge on any atom is 0.493 e. The van der Waals surface area contributed by atoms with Gasteiger partial charge in [0.05, 0.1) is 25.5 Å². The van der Waals surface area contributed by atoms with Gasteiger partial charge in [-0.15, -0.1) is 5.06 Å². The number of pyridine rings is 1. The first-order valence-electron chi connectivity index (χ1n) is 13.2. The lowest BCUT2D eigenvalue weighted by Crippen LogP contribution is -2.43. The average Bonchev–Trinajstić information content (AvgIpc) is 3.17. The first kappa shape index (κ1) is 34.9. The normalized spacial score (nSPS) is 14.7. The number of hydrogen-bond acceptors (Lipinski definition) is 9. The fraction of sp³-hybridized carbons (Fsp3) is 0.276. The Bertz CT molecular complexity index is 1680. The van der Waals surface area contributed by atoms with Crippen molar-refractivity contribution in [1.82, 2.24) is 9.88 Å². The van der Waals surface area contributed by atoms with Gasteiger partial charge >= 0.3 is 23.7 Å². The molecule has 1 aromatic heterocycles. The molecule has 11 nitrogen and oxygen atoms in total. The summed E-state index contributed by atoms with van der Waals surface area (Å²) in [4.78, 5) is 62.1. The van der Waals surface area contributed by atoms with Crippen LogP contribution in [0.5, 0.6) is 11.5 Å². The molecule has 0 unspecified atom stereocenters. The van der Waals surface area contributed by atoms with Gasteiger partial charge in [0.1, 0.15) is 17.0 Å². The van der Waals surface area contributed by atoms with Gasteiger partial charge in [0.2, 0.25) is 0 Å². The number of nitrogens with zero attached hydrogens (tertiary/aromatic N) is 4. The number of thioether (sulfide) groups is 1. The number of urea groups is 1. The van der Waals surface area contributed by atoms with Crippen molar-refractivity contribution in [3.05, 3.63) is 71.9 Å². The monoisotopic (exact) mass is 686 g/mol. The fourth-order valence-electron chi connectivity index (χ4n) is 4.35. The van der Waals surface area contributed by atoms with Gasteiger partial charge in [-0.3, -0.25) is 9.59 Å². The van der Waals surface area contributed by atoms with Crippen molar-refractivity contribution in [2.45, 2.75) is 42.5 Å². The van der Waals surface area contributed by atoms with E-state index >= 15 is 0 Å². The van der Waals surface area contributed by atoms with Crippen LogP contribution < -0.4 is 19.4 Å². The van der Waals surface area contributed by atoms with Gasteiger partial charge in [0.25, 0.3) is 11.8 Å². The minimum absolute atomic E-state index is 0.00192. The van der Waals surface area contributed by atoms with Crippen LogP contribution in [0.15, 0.2) is 65.7 Å². The largest absolute Gasteiger partial charge is 0.497 e. The van der Waals surface area contributed by atoms with Crippen molar-refractivity contribution < 1.29 is 59.8 Å². The van der Waals surface area contributed by atoms with E-state index in [2.05, 4.69) is 9.82 Å². The molecule has 3 aromatic rings. The molecule has 0 aliphatic carbocycles. The van der Waals surface area contributed by atoms with E-state index in [0.717, 1.165) is 46.3 Å². The molecule has 1 aliphatic rings. The third-order valence-electron chi connectivity index (χ3n) is 6.70. The molecule has 2 aromatic carbocycles. The van der Waals surface area contributed by atoms with Crippen LogP contribution in [0.25, 0.3) is 0 Å². The van der Waals surface area contributed by atoms with E-state index in [-0.39, 0.29) is 56.6 Å². The summed E-state index contributed by atoms with van der Waals surface area (Å²) in [7, 11) is 2.54. The number of aromatic nitrogens is 1. The first-order valence-corrected chi connectivity index (χ1v) is 14.0. The van der Waals surface area contributed by atoms with Crippen LogP contribution in [-0.2, 0) is 21.0 Å². The number of carbonyl (C=O) groups excluding carboxylic acids is 4. The molecule has 47 heavy (non-hydrogen) atoms. The summed E-state index contributed by atoms with van der Waals surface area (Å²) >= 11 is -0.371. The summed E-state index contributed by atoms with van der Waals surface area (Å²) < 4.78 is 88.0. The number of hydrogen-bond donors (Lipinski definition) is 0. The number of alkyl halides is 6. The lowest BCUT2D eigenvalue weighted by molar-refractivity contribution is -0.200. The summed E-state index contributed by atoms with van der Waals surface area (Å²) in [5.74, 6) is -5.11. The van der Waals surface area contributed by atoms with E-state index in [4.69, 9.17) is 9.47 Å². The van der Waals surface area contributed by atoms with Crippen LogP contribution in [0.1, 0.15) is 29.8 Å². The Morgan fingerprint density at radius 2 is 1.51 bits per heavy atom. The molecule has 1 aliphatic heterocycles. The van der Waals surface area contributed by atoms with Crippen LogP contribution in [0.3, 0.4) is 0 Å². The number of amides is 4. The molecule has 4 rings (SSSR count). The van der Waals surface area contributed by atoms with Gasteiger partial charge in [-0.2, -0.15) is 26.3 Å². The van der Waals surface area contributed by atoms with Gasteiger partial charge < -0.3 is 19.2 Å². The van der Waals surface area contributed by atoms with Crippen LogP contribution in [0, 0.1) is 0 Å². The highest BCUT2D eigenvalue weighted by Crippen LogP contribution is 2.39. The zero-order valence-electron chi connectivity index (χ0n) is 24.8. The summed E-state index contributed by atoms with van der Waals surface area (Å²) in [6, 6.07) is 9.82. The first-order chi connectivity index (χ1) is 21.8. The number of benzene rings is 2. The second-order valence-corrected chi connectivity index (χ2v) is 11.3. The van der Waals surface area contributed by atoms with Gasteiger partial charge in [0, 0.05) is 23.7 Å². The van der Waals surface area contributed by atoms with Gasteiger partial charge in [0.15, 0.2) is 5.82 Å². The highest BCUT2D eigenvalue weighted by Gasteiger charge is 2.52. The Labute approximate surface area is 266 Å². The number of carbonyl (C=O) groups is 4. The molecule has 0 atom stereocenters. The van der Waals surface area contributed by atoms with E-state index < -0.39 is 46.9 Å². The number of halogens is 6. The average molecular weight is 687 g/mol. The van der Waals surface area contributed by atoms with Crippen molar-refractivity contribution in [3.63, 3.8) is 0 Å². The number of anilines is 2. The minimum atomic E-state index is -5.50. The smallest absolute Gasteiger partial charge is 0.493 e. The van der Waals surface area contributed by atoms with Crippen LogP contribution in [-0.4, -0.2) is 65.1 Å². The highest BCUT2D eigenvalue weighted by molar-refractivity contribution is 8.00. The number of imide groups is 1. The molecule has 0 radical (unpaired) electrons. The Morgan fingerprint density at radius 3 is 2.04 bits per heavy atom. The van der Waals surface area contributed by atoms with E-state index in [1.165, 1.54) is 52.3 Å². The van der Waals surface area contributed by atoms with Crippen LogP contribution >= 0.6 is 11.8 Å². The molecule has 2 heterocycles. The standard InChI is InChI=1S/C29H24F6N4O7S/c1-27(2)24(41)38(18-5-7-21(8-6-18)47-29(33,34)35)26(43)37(27)15-16-9-10-36-22(11-16)39(46-25(42)28(30,31)32)23(40)17-12-19(44-3)14-20(13-17)45-4/h5-14H,15H2,1-4H3. The summed E-state index contributed by atoms with van der Waals surface area (Å²) in [6.07, 6.45) is -4.43. The summed E-state index contributed by atoms with van der Waals surface area (Å²) in [5, 5.41) is 0.0163. The van der Waals surface area contributed by atoms with Crippen molar-refractivity contribution in [1.29, 1.82) is 0 Å². The van der Waals surface area contributed by atoms with E-state index in [0.29, 0.717) is 0 Å². The predicted molar refractivity (Wildman–Crippen MR) is 154 cm³/mol. The van der Waals surface area contributed by atoms with Gasteiger partial charge in [-0.25, -0.2) is 19.5 Å². The molecule has 0 bridgehead atoms. The lowest BCUT2D eigenvalue weighted by atomic mass is 10.0. The molecule has 0 spiro atoms. The molecule has 0 N–H and O–H groups in total. The predicted octanol–water partition coefficient (Wildman–Crippen LogP) is 6.13. The Hall–Kier alpha value is -5.00. The SMILES string of the molecule is COc1cc(OC)cc(C(=O)N(OC(=O)C(F)(F)F)c2cc(CN3C(=O)N(c4ccc(SC(F)(F)F)cc4)C(=O)C3(C)C)ccn2)c1. The second-order valence-electron chi connectivity index (χ2n) is 10.2. The van der Waals surface area contributed by atoms with E-state index in [1.54, 1.807) is 0 Å². The number of methoxy groups -OCH3 is 2. The fourth-order valence-corrected chi connectivity index (χ4v) is 4.89. The maximum atomic E-state index is 13.5. The number of ether oxygens (including phenoxy) is 2. The molecular weight excluding hydrogens is 662 g/mol. The van der Waals surface area contributed by atoms with E-state index in [1.807, 2.05) is 0 Å². The summed E-state index contributed by atoms with van der Waals surface area (Å²) in [6.45, 7) is 2.48. The Kier molecular flexibility index (Phi) is 9.65. The Morgan fingerprint density at radius 1 is 0.915 bits per heavy atom. The molecular formula is C29H24F6N4O7S. The number of rotatable bonds is 8. The van der Waals surface area contributed by atoms with Crippen molar-refractivity contribution in [2.75, 3.05) is 24.2 Å². The quantitative estimate of drug-likeness (QED) is 0.119. The minimum Gasteiger partial charge on any atom is -0.497 e. The van der Waals surface area contributed by atoms with Crippen LogP contribution in [0.4, 0.5) is 42.6 Å². The molecule has 0 saturated carbocycles. The van der Waals surface area contributed by atoms with Crippen molar-refractivity contribution >= 4 is 47.1 Å². The third kappa shape index (κ3) is 7.70. The van der Waals surface area contributed by atoms with Crippen LogP contribution in [0.2, 0.25) is 0 Å². The molecule has 1 saturated heterocycles. The van der Waals surface area contributed by atoms with E-state index in [9.17, 15) is 45.5 Å². The van der Waals surface area contributed by atoms with Gasteiger partial charge in [-0.05, 0) is 79.7 Å². The topological polar surface area (TPSA) is 119 Å². The zero-order chi connectivity index (χ0) is 34.9. The van der Waals surface area contributed by atoms with Crippen molar-refractivity contribution in [3.8, 4) is 11.5 Å². The van der Waals surface area contributed by atoms with Gasteiger partial charge in [-0.1, -0.05) is 0 Å². The van der Waals surface area contributed by atoms with Crippen molar-refractivity contribution in [2.24, 2.45) is 0 Å². The zero-order valence-corrected chi connectivity index (χ0v) is 25.6. The molecule has 250 valence electrons. The third-order valence-corrected chi connectivity index (χ3v) is 7.44. The second kappa shape index (κ2) is 13.0. The molecule has 1 fully saturated rings. The summed E-state index contributed by atoms with van der Waals surface area (Å²) in [5.41, 5.74) is -6.21. The molecule has 4 amide bonds.